The predicted molar refractivity (Wildman–Crippen MR) is 207 cm³/mol. The summed E-state index contributed by atoms with van der Waals surface area (Å²) in [7, 11) is 0. The van der Waals surface area contributed by atoms with Crippen molar-refractivity contribution in [2.24, 2.45) is 40.9 Å². The van der Waals surface area contributed by atoms with E-state index in [-0.39, 0.29) is 42.4 Å². The summed E-state index contributed by atoms with van der Waals surface area (Å²) in [5.74, 6) is -0.672. The lowest BCUT2D eigenvalue weighted by atomic mass is 9.60. The standard InChI is InChI=1S/C43H74N2O10/c1-43(2,29-4-14-35(15-5-29)54-37-18-8-31(9-19-37)44-41(48)40-24-34(47)13-22-39(40)42(49)50)30-6-16-36(17-7-30)55-38-20-10-32(11-21-38)45-52-25-28-23-33(46)12-3-27(28)26-53-51/h27-40,45-47,51H,3-26H2,1-2H3,(H,44,48)(H,49,50). The summed E-state index contributed by atoms with van der Waals surface area (Å²) in [5.41, 5.74) is 3.60. The van der Waals surface area contributed by atoms with Gasteiger partial charge in [0.25, 0.3) is 0 Å². The largest absolute Gasteiger partial charge is 0.481 e. The Morgan fingerprint density at radius 2 is 1.07 bits per heavy atom. The van der Waals surface area contributed by atoms with E-state index in [2.05, 4.69) is 29.5 Å². The van der Waals surface area contributed by atoms with Crippen LogP contribution in [0.1, 0.15) is 155 Å². The number of hydrogen-bond acceptors (Lipinski definition) is 10. The molecule has 6 aliphatic carbocycles. The Bertz CT molecular complexity index is 1170. The zero-order valence-corrected chi connectivity index (χ0v) is 33.8. The number of nitrogens with one attached hydrogen (secondary N) is 2. The minimum Gasteiger partial charge on any atom is -0.481 e. The fourth-order valence-corrected chi connectivity index (χ4v) is 11.6. The highest BCUT2D eigenvalue weighted by Gasteiger charge is 2.43. The number of hydrogen-bond donors (Lipinski definition) is 6. The Morgan fingerprint density at radius 3 is 1.60 bits per heavy atom. The zero-order chi connectivity index (χ0) is 39.0. The van der Waals surface area contributed by atoms with Crippen LogP contribution in [0.2, 0.25) is 0 Å². The van der Waals surface area contributed by atoms with Gasteiger partial charge in [-0.15, -0.1) is 0 Å². The van der Waals surface area contributed by atoms with E-state index >= 15 is 0 Å². The Kier molecular flexibility index (Phi) is 16.1. The van der Waals surface area contributed by atoms with E-state index in [4.69, 9.17) is 19.6 Å². The lowest BCUT2D eigenvalue weighted by molar-refractivity contribution is -0.258. The number of aliphatic hydroxyl groups is 2. The maximum absolute atomic E-state index is 13.0. The van der Waals surface area contributed by atoms with Crippen LogP contribution in [-0.4, -0.2) is 94.4 Å². The van der Waals surface area contributed by atoms with Crippen molar-refractivity contribution in [1.29, 1.82) is 0 Å². The fraction of sp³-hybridized carbons (Fsp3) is 0.953. The van der Waals surface area contributed by atoms with Crippen molar-refractivity contribution in [3.8, 4) is 0 Å². The molecular formula is C43H74N2O10. The molecule has 12 heteroatoms. The number of carbonyl (C=O) groups excluding carboxylic acids is 1. The van der Waals surface area contributed by atoms with Crippen molar-refractivity contribution in [3.05, 3.63) is 0 Å². The second-order valence-corrected chi connectivity index (χ2v) is 19.2. The second kappa shape index (κ2) is 20.5. The topological polar surface area (TPSA) is 176 Å². The third-order valence-electron chi connectivity index (χ3n) is 15.3. The molecule has 0 aromatic heterocycles. The number of amides is 1. The van der Waals surface area contributed by atoms with Gasteiger partial charge in [0.1, 0.15) is 0 Å². The van der Waals surface area contributed by atoms with E-state index in [0.717, 1.165) is 102 Å². The van der Waals surface area contributed by atoms with E-state index < -0.39 is 23.9 Å². The molecule has 6 N–H and O–H groups in total. The second-order valence-electron chi connectivity index (χ2n) is 19.2. The highest BCUT2D eigenvalue weighted by molar-refractivity contribution is 5.85. The molecule has 0 aliphatic heterocycles. The Morgan fingerprint density at radius 1 is 0.582 bits per heavy atom. The fourth-order valence-electron chi connectivity index (χ4n) is 11.6. The number of carboxylic acids is 1. The highest BCUT2D eigenvalue weighted by atomic mass is 17.1. The normalized spacial score (nSPS) is 40.7. The first-order valence-corrected chi connectivity index (χ1v) is 22.3. The molecule has 0 aromatic rings. The van der Waals surface area contributed by atoms with E-state index in [1.165, 1.54) is 25.7 Å². The van der Waals surface area contributed by atoms with E-state index in [1.807, 2.05) is 0 Å². The van der Waals surface area contributed by atoms with Crippen LogP contribution >= 0.6 is 0 Å². The molecule has 1 amide bonds. The number of rotatable bonds is 15. The Hall–Kier alpha value is -1.38. The molecule has 12 nitrogen and oxygen atoms in total. The van der Waals surface area contributed by atoms with Crippen molar-refractivity contribution in [1.82, 2.24) is 10.8 Å². The minimum absolute atomic E-state index is 0.0493. The van der Waals surface area contributed by atoms with Crippen molar-refractivity contribution < 1.29 is 49.4 Å². The lowest BCUT2D eigenvalue weighted by Gasteiger charge is -2.47. The van der Waals surface area contributed by atoms with Crippen LogP contribution in [0.15, 0.2) is 0 Å². The summed E-state index contributed by atoms with van der Waals surface area (Å²) in [4.78, 5) is 35.1. The van der Waals surface area contributed by atoms with Crippen LogP contribution < -0.4 is 10.8 Å². The summed E-state index contributed by atoms with van der Waals surface area (Å²) in [6, 6.07) is 0.375. The smallest absolute Gasteiger partial charge is 0.307 e. The maximum Gasteiger partial charge on any atom is 0.307 e. The minimum atomic E-state index is -0.939. The van der Waals surface area contributed by atoms with Gasteiger partial charge in [-0.3, -0.25) is 14.8 Å². The molecule has 0 saturated heterocycles. The molecule has 6 aliphatic rings. The monoisotopic (exact) mass is 779 g/mol. The molecule has 55 heavy (non-hydrogen) atoms. The van der Waals surface area contributed by atoms with Gasteiger partial charge in [0.15, 0.2) is 0 Å². The third-order valence-corrected chi connectivity index (χ3v) is 15.3. The lowest BCUT2D eigenvalue weighted by Crippen LogP contribution is -2.47. The van der Waals surface area contributed by atoms with Crippen molar-refractivity contribution >= 4 is 11.9 Å². The van der Waals surface area contributed by atoms with Gasteiger partial charge in [-0.2, -0.15) is 5.48 Å². The molecule has 0 spiro atoms. The number of aliphatic carboxylic acids is 1. The third kappa shape index (κ3) is 12.1. The number of carboxylic acid groups (broad SMARTS) is 1. The summed E-state index contributed by atoms with van der Waals surface area (Å²) in [6.07, 6.45) is 20.9. The highest BCUT2D eigenvalue weighted by Crippen LogP contribution is 2.49. The first kappa shape index (κ1) is 43.2. The molecule has 6 unspecified atom stereocenters. The van der Waals surface area contributed by atoms with Gasteiger partial charge in [0, 0.05) is 12.1 Å². The van der Waals surface area contributed by atoms with Gasteiger partial charge in [-0.1, -0.05) is 13.8 Å². The molecular weight excluding hydrogens is 704 g/mol. The van der Waals surface area contributed by atoms with Crippen molar-refractivity contribution in [3.63, 3.8) is 0 Å². The molecule has 0 heterocycles. The summed E-state index contributed by atoms with van der Waals surface area (Å²) in [6.45, 7) is 5.85. The van der Waals surface area contributed by atoms with Crippen LogP contribution in [-0.2, 0) is 28.8 Å². The molecule has 6 saturated carbocycles. The zero-order valence-electron chi connectivity index (χ0n) is 33.8. The molecule has 316 valence electrons. The molecule has 0 bridgehead atoms. The van der Waals surface area contributed by atoms with Crippen molar-refractivity contribution in [2.75, 3.05) is 13.2 Å². The number of carbonyl (C=O) groups is 2. The van der Waals surface area contributed by atoms with E-state index in [9.17, 15) is 24.9 Å². The SMILES string of the molecule is CC(C)(C1CCC(OC2CCC(NOCC3CC(O)CCC3COO)CC2)CC1)C1CCC(OC2CCC(NC(=O)C3CC(O)CCC3C(=O)O)CC2)CC1. The van der Waals surface area contributed by atoms with Crippen LogP contribution in [0.3, 0.4) is 0 Å². The first-order chi connectivity index (χ1) is 26.5. The van der Waals surface area contributed by atoms with Crippen LogP contribution in [0.25, 0.3) is 0 Å². The maximum atomic E-state index is 13.0. The number of hydroxylamine groups is 1. The van der Waals surface area contributed by atoms with Crippen LogP contribution in [0.5, 0.6) is 0 Å². The van der Waals surface area contributed by atoms with Gasteiger partial charge >= 0.3 is 5.97 Å². The average Bonchev–Trinajstić information content (AvgIpc) is 3.17. The number of ether oxygens (including phenoxy) is 2. The molecule has 0 aromatic carbocycles. The quantitative estimate of drug-likeness (QED) is 0.0786. The predicted octanol–water partition coefficient (Wildman–Crippen LogP) is 6.55. The first-order valence-electron chi connectivity index (χ1n) is 22.3. The summed E-state index contributed by atoms with van der Waals surface area (Å²) >= 11 is 0. The van der Waals surface area contributed by atoms with E-state index in [0.29, 0.717) is 62.2 Å². The van der Waals surface area contributed by atoms with Gasteiger partial charge in [-0.25, -0.2) is 4.89 Å². The summed E-state index contributed by atoms with van der Waals surface area (Å²) < 4.78 is 13.3. The summed E-state index contributed by atoms with van der Waals surface area (Å²) in [5, 5.41) is 41.8. The molecule has 6 fully saturated rings. The molecule has 0 radical (unpaired) electrons. The van der Waals surface area contributed by atoms with Gasteiger partial charge in [-0.05, 0) is 170 Å². The van der Waals surface area contributed by atoms with Crippen molar-refractivity contribution in [2.45, 2.75) is 204 Å². The van der Waals surface area contributed by atoms with Gasteiger partial charge in [0.05, 0.1) is 61.7 Å². The average molecular weight is 779 g/mol. The Balaban J connectivity index is 0.825. The van der Waals surface area contributed by atoms with E-state index in [1.54, 1.807) is 0 Å². The number of aliphatic hydroxyl groups excluding tert-OH is 2. The van der Waals surface area contributed by atoms with Crippen LogP contribution in [0.4, 0.5) is 0 Å². The van der Waals surface area contributed by atoms with Gasteiger partial charge in [0.2, 0.25) is 5.91 Å². The van der Waals surface area contributed by atoms with Gasteiger partial charge < -0.3 is 34.9 Å². The molecule has 6 atom stereocenters. The molecule has 6 rings (SSSR count). The van der Waals surface area contributed by atoms with Crippen LogP contribution in [0, 0.1) is 40.9 Å². The Labute approximate surface area is 329 Å².